The summed E-state index contributed by atoms with van der Waals surface area (Å²) in [6.45, 7) is 1.75. The van der Waals surface area contributed by atoms with Crippen molar-refractivity contribution in [3.8, 4) is 5.69 Å². The Balaban J connectivity index is 2.49. The van der Waals surface area contributed by atoms with Crippen molar-refractivity contribution < 1.29 is 4.39 Å². The highest BCUT2D eigenvalue weighted by atomic mass is 79.9. The molecule has 0 radical (unpaired) electrons. The Labute approximate surface area is 95.9 Å². The van der Waals surface area contributed by atoms with Crippen molar-refractivity contribution >= 4 is 15.9 Å². The zero-order valence-corrected chi connectivity index (χ0v) is 9.83. The third-order valence-corrected chi connectivity index (χ3v) is 2.80. The number of nitrogens with zero attached hydrogens (tertiary/aromatic N) is 2. The average Bonchev–Trinajstić information content (AvgIpc) is 2.70. The quantitative estimate of drug-likeness (QED) is 0.765. The van der Waals surface area contributed by atoms with Crippen molar-refractivity contribution in [2.75, 3.05) is 0 Å². The largest absolute Gasteiger partial charge is 0.303 e. The normalized spacial score (nSPS) is 10.6. The molecule has 0 saturated heterocycles. The Kier molecular flexibility index (Phi) is 2.86. The molecule has 15 heavy (non-hydrogen) atoms. The fourth-order valence-corrected chi connectivity index (χ4v) is 1.69. The summed E-state index contributed by atoms with van der Waals surface area (Å²) >= 11 is 3.31. The highest BCUT2D eigenvalue weighted by molar-refractivity contribution is 9.08. The molecular weight excluding hydrogens is 259 g/mol. The zero-order valence-electron chi connectivity index (χ0n) is 8.24. The summed E-state index contributed by atoms with van der Waals surface area (Å²) in [7, 11) is 0. The van der Waals surface area contributed by atoms with Gasteiger partial charge in [-0.15, -0.1) is 0 Å². The maximum atomic E-state index is 13.7. The summed E-state index contributed by atoms with van der Waals surface area (Å²) in [6.07, 6.45) is 3.43. The van der Waals surface area contributed by atoms with Crippen molar-refractivity contribution in [1.29, 1.82) is 0 Å². The molecule has 2 nitrogen and oxygen atoms in total. The maximum Gasteiger partial charge on any atom is 0.150 e. The summed E-state index contributed by atoms with van der Waals surface area (Å²) in [4.78, 5) is 4.13. The molecule has 0 aliphatic heterocycles. The molecule has 4 heteroatoms. The second-order valence-corrected chi connectivity index (χ2v) is 3.87. The summed E-state index contributed by atoms with van der Waals surface area (Å²) in [6, 6.07) is 5.32. The van der Waals surface area contributed by atoms with Gasteiger partial charge in [0.25, 0.3) is 0 Å². The van der Waals surface area contributed by atoms with E-state index in [1.807, 2.05) is 12.3 Å². The van der Waals surface area contributed by atoms with Gasteiger partial charge in [0.2, 0.25) is 0 Å². The molecular formula is C11H10BrFN2. The van der Waals surface area contributed by atoms with Gasteiger partial charge in [-0.3, -0.25) is 0 Å². The van der Waals surface area contributed by atoms with Gasteiger partial charge in [0.15, 0.2) is 0 Å². The van der Waals surface area contributed by atoms with Crippen molar-refractivity contribution in [3.63, 3.8) is 0 Å². The van der Waals surface area contributed by atoms with Gasteiger partial charge in [-0.25, -0.2) is 9.37 Å². The van der Waals surface area contributed by atoms with Crippen LogP contribution < -0.4 is 0 Å². The molecule has 2 rings (SSSR count). The summed E-state index contributed by atoms with van der Waals surface area (Å²) in [5.41, 5.74) is 2.06. The van der Waals surface area contributed by atoms with E-state index in [-0.39, 0.29) is 5.82 Å². The van der Waals surface area contributed by atoms with Gasteiger partial charge < -0.3 is 4.57 Å². The minimum Gasteiger partial charge on any atom is -0.303 e. The lowest BCUT2D eigenvalue weighted by molar-refractivity contribution is 0.609. The number of hydrogen-bond acceptors (Lipinski definition) is 1. The Bertz CT molecular complexity index is 479. The maximum absolute atomic E-state index is 13.7. The predicted octanol–water partition coefficient (Wildman–Crippen LogP) is 3.21. The minimum absolute atomic E-state index is 0.198. The van der Waals surface area contributed by atoms with Gasteiger partial charge in [0.1, 0.15) is 5.82 Å². The van der Waals surface area contributed by atoms with Crippen molar-refractivity contribution in [3.05, 3.63) is 47.8 Å². The summed E-state index contributed by atoms with van der Waals surface area (Å²) in [5, 5.41) is 0.674. The first-order valence-electron chi connectivity index (χ1n) is 4.56. The molecule has 2 aromatic rings. The third-order valence-electron chi connectivity index (χ3n) is 2.22. The van der Waals surface area contributed by atoms with Gasteiger partial charge in [-0.05, 0) is 18.6 Å². The van der Waals surface area contributed by atoms with E-state index in [2.05, 4.69) is 20.9 Å². The van der Waals surface area contributed by atoms with Crippen molar-refractivity contribution in [1.82, 2.24) is 9.55 Å². The molecule has 0 saturated carbocycles. The molecule has 0 amide bonds. The highest BCUT2D eigenvalue weighted by Gasteiger charge is 2.07. The number of imidazole rings is 1. The van der Waals surface area contributed by atoms with Crippen LogP contribution in [0.25, 0.3) is 5.69 Å². The topological polar surface area (TPSA) is 17.8 Å². The van der Waals surface area contributed by atoms with Crippen LogP contribution >= 0.6 is 15.9 Å². The van der Waals surface area contributed by atoms with Crippen LogP contribution in [-0.2, 0) is 5.33 Å². The van der Waals surface area contributed by atoms with Gasteiger partial charge in [-0.1, -0.05) is 28.1 Å². The summed E-state index contributed by atoms with van der Waals surface area (Å²) in [5.74, 6) is -0.198. The molecule has 0 N–H and O–H groups in total. The van der Waals surface area contributed by atoms with Gasteiger partial charge in [-0.2, -0.15) is 0 Å². The molecule has 0 fully saturated rings. The first-order valence-corrected chi connectivity index (χ1v) is 5.69. The number of aromatic nitrogens is 2. The number of rotatable bonds is 2. The van der Waals surface area contributed by atoms with Crippen LogP contribution in [0.5, 0.6) is 0 Å². The standard InChI is InChI=1S/C11H10BrFN2/c1-8-3-2-4-10(11(8)13)15-6-9(5-12)14-7-15/h2-4,6-7H,5H2,1H3. The molecule has 0 aliphatic carbocycles. The SMILES string of the molecule is Cc1cccc(-n2cnc(CBr)c2)c1F. The molecule has 1 aromatic heterocycles. The lowest BCUT2D eigenvalue weighted by Gasteiger charge is -2.05. The van der Waals surface area contributed by atoms with E-state index in [1.54, 1.807) is 30.0 Å². The number of halogens is 2. The molecule has 0 atom stereocenters. The average molecular weight is 269 g/mol. The second kappa shape index (κ2) is 4.14. The van der Waals surface area contributed by atoms with Crippen LogP contribution in [0.3, 0.4) is 0 Å². The van der Waals surface area contributed by atoms with E-state index in [4.69, 9.17) is 0 Å². The van der Waals surface area contributed by atoms with Crippen LogP contribution in [0.1, 0.15) is 11.3 Å². The lowest BCUT2D eigenvalue weighted by atomic mass is 10.2. The first-order chi connectivity index (χ1) is 7.22. The van der Waals surface area contributed by atoms with E-state index >= 15 is 0 Å². The van der Waals surface area contributed by atoms with Crippen LogP contribution in [0, 0.1) is 12.7 Å². The first kappa shape index (κ1) is 10.4. The van der Waals surface area contributed by atoms with Gasteiger partial charge in [0.05, 0.1) is 17.7 Å². The molecule has 0 spiro atoms. The van der Waals surface area contributed by atoms with Crippen LogP contribution in [-0.4, -0.2) is 9.55 Å². The molecule has 0 unspecified atom stereocenters. The Morgan fingerprint density at radius 2 is 2.27 bits per heavy atom. The van der Waals surface area contributed by atoms with Crippen molar-refractivity contribution in [2.45, 2.75) is 12.3 Å². The molecule has 78 valence electrons. The molecule has 1 heterocycles. The van der Waals surface area contributed by atoms with Gasteiger partial charge in [0, 0.05) is 11.5 Å². The molecule has 0 aliphatic rings. The highest BCUT2D eigenvalue weighted by Crippen LogP contribution is 2.17. The second-order valence-electron chi connectivity index (χ2n) is 3.31. The Hall–Kier alpha value is -1.16. The predicted molar refractivity (Wildman–Crippen MR) is 60.9 cm³/mol. The molecule has 0 bridgehead atoms. The van der Waals surface area contributed by atoms with Crippen LogP contribution in [0.15, 0.2) is 30.7 Å². The zero-order chi connectivity index (χ0) is 10.8. The smallest absolute Gasteiger partial charge is 0.150 e. The Morgan fingerprint density at radius 1 is 1.47 bits per heavy atom. The van der Waals surface area contributed by atoms with E-state index in [0.717, 1.165) is 5.69 Å². The van der Waals surface area contributed by atoms with Crippen molar-refractivity contribution in [2.24, 2.45) is 0 Å². The Morgan fingerprint density at radius 3 is 2.93 bits per heavy atom. The van der Waals surface area contributed by atoms with E-state index in [9.17, 15) is 4.39 Å². The lowest BCUT2D eigenvalue weighted by Crippen LogP contribution is -1.96. The monoisotopic (exact) mass is 268 g/mol. The van der Waals surface area contributed by atoms with E-state index < -0.39 is 0 Å². The number of hydrogen-bond donors (Lipinski definition) is 0. The fourth-order valence-electron chi connectivity index (χ4n) is 1.40. The van der Waals surface area contributed by atoms with Gasteiger partial charge >= 0.3 is 0 Å². The number of aryl methyl sites for hydroxylation is 1. The van der Waals surface area contributed by atoms with E-state index in [1.165, 1.54) is 0 Å². The van der Waals surface area contributed by atoms with Crippen LogP contribution in [0.4, 0.5) is 4.39 Å². The fraction of sp³-hybridized carbons (Fsp3) is 0.182. The summed E-state index contributed by atoms with van der Waals surface area (Å²) < 4.78 is 15.4. The number of benzene rings is 1. The number of alkyl halides is 1. The third kappa shape index (κ3) is 1.95. The minimum atomic E-state index is -0.198. The molecule has 1 aromatic carbocycles. The van der Waals surface area contributed by atoms with Crippen LogP contribution in [0.2, 0.25) is 0 Å². The van der Waals surface area contributed by atoms with E-state index in [0.29, 0.717) is 16.6 Å².